The van der Waals surface area contributed by atoms with E-state index in [0.29, 0.717) is 19.5 Å². The SMILES string of the molecule is CCN(CC)C(=O)[C@H]1[C@H](C(=O)OC)[C@@H]2C=C[C@@]1(O)CC2. The summed E-state index contributed by atoms with van der Waals surface area (Å²) < 4.78 is 4.86. The summed E-state index contributed by atoms with van der Waals surface area (Å²) in [5.74, 6) is -1.86. The number of amides is 1. The summed E-state index contributed by atoms with van der Waals surface area (Å²) in [6.45, 7) is 4.94. The highest BCUT2D eigenvalue weighted by atomic mass is 16.5. The fourth-order valence-corrected chi connectivity index (χ4v) is 3.53. The molecule has 3 rings (SSSR count). The molecule has 5 heteroatoms. The monoisotopic (exact) mass is 281 g/mol. The zero-order valence-corrected chi connectivity index (χ0v) is 12.3. The van der Waals surface area contributed by atoms with Crippen LogP contribution in [0.2, 0.25) is 0 Å². The van der Waals surface area contributed by atoms with Crippen LogP contribution in [0.25, 0.3) is 0 Å². The highest BCUT2D eigenvalue weighted by Crippen LogP contribution is 2.48. The lowest BCUT2D eigenvalue weighted by atomic mass is 9.59. The minimum atomic E-state index is -1.21. The topological polar surface area (TPSA) is 66.8 Å². The second-order valence-electron chi connectivity index (χ2n) is 5.59. The van der Waals surface area contributed by atoms with E-state index < -0.39 is 23.4 Å². The van der Waals surface area contributed by atoms with E-state index in [1.165, 1.54) is 7.11 Å². The third-order valence-electron chi connectivity index (χ3n) is 4.68. The first-order valence-electron chi connectivity index (χ1n) is 7.26. The summed E-state index contributed by atoms with van der Waals surface area (Å²) >= 11 is 0. The summed E-state index contributed by atoms with van der Waals surface area (Å²) in [5.41, 5.74) is -1.21. The van der Waals surface area contributed by atoms with Crippen LogP contribution in [-0.4, -0.2) is 47.7 Å². The molecule has 1 fully saturated rings. The Kier molecular flexibility index (Phi) is 4.18. The van der Waals surface area contributed by atoms with Crippen molar-refractivity contribution in [2.45, 2.75) is 32.3 Å². The normalized spacial score (nSPS) is 34.9. The van der Waals surface area contributed by atoms with Gasteiger partial charge in [0, 0.05) is 13.1 Å². The number of esters is 1. The molecule has 0 unspecified atom stereocenters. The molecule has 0 heterocycles. The van der Waals surface area contributed by atoms with E-state index in [1.54, 1.807) is 11.0 Å². The Labute approximate surface area is 119 Å². The number of hydrogen-bond acceptors (Lipinski definition) is 4. The van der Waals surface area contributed by atoms with Gasteiger partial charge in [0.05, 0.1) is 24.5 Å². The molecule has 0 aromatic heterocycles. The fourth-order valence-electron chi connectivity index (χ4n) is 3.53. The highest BCUT2D eigenvalue weighted by Gasteiger charge is 2.56. The first-order chi connectivity index (χ1) is 9.48. The van der Waals surface area contributed by atoms with Gasteiger partial charge in [-0.2, -0.15) is 0 Å². The average molecular weight is 281 g/mol. The number of hydrogen-bond donors (Lipinski definition) is 1. The highest BCUT2D eigenvalue weighted by molar-refractivity contribution is 5.88. The smallest absolute Gasteiger partial charge is 0.310 e. The molecule has 0 aromatic carbocycles. The lowest BCUT2D eigenvalue weighted by Crippen LogP contribution is -2.59. The van der Waals surface area contributed by atoms with Gasteiger partial charge in [-0.25, -0.2) is 0 Å². The molecule has 1 N–H and O–H groups in total. The lowest BCUT2D eigenvalue weighted by Gasteiger charge is -2.48. The Hall–Kier alpha value is -1.36. The van der Waals surface area contributed by atoms with Gasteiger partial charge in [-0.05, 0) is 32.6 Å². The zero-order chi connectivity index (χ0) is 14.9. The number of methoxy groups -OCH3 is 1. The third kappa shape index (κ3) is 2.24. The van der Waals surface area contributed by atoms with Gasteiger partial charge in [0.15, 0.2) is 0 Å². The molecule has 0 spiro atoms. The molecule has 0 aliphatic heterocycles. The van der Waals surface area contributed by atoms with Gasteiger partial charge in [-0.3, -0.25) is 9.59 Å². The van der Waals surface area contributed by atoms with Crippen molar-refractivity contribution in [3.05, 3.63) is 12.2 Å². The van der Waals surface area contributed by atoms with Crippen LogP contribution >= 0.6 is 0 Å². The Morgan fingerprint density at radius 2 is 2.05 bits per heavy atom. The number of fused-ring (bicyclic) bond motifs is 2. The van der Waals surface area contributed by atoms with Crippen LogP contribution in [0.4, 0.5) is 0 Å². The van der Waals surface area contributed by atoms with E-state index in [9.17, 15) is 14.7 Å². The molecule has 4 atom stereocenters. The van der Waals surface area contributed by atoms with Gasteiger partial charge in [0.25, 0.3) is 0 Å². The second-order valence-corrected chi connectivity index (χ2v) is 5.59. The first kappa shape index (κ1) is 15.0. The van der Waals surface area contributed by atoms with Crippen molar-refractivity contribution in [3.63, 3.8) is 0 Å². The average Bonchev–Trinajstić information content (AvgIpc) is 2.46. The maximum absolute atomic E-state index is 12.7. The van der Waals surface area contributed by atoms with Crippen molar-refractivity contribution in [1.82, 2.24) is 4.90 Å². The molecule has 112 valence electrons. The Bertz CT molecular complexity index is 430. The number of nitrogens with zero attached hydrogens (tertiary/aromatic N) is 1. The molecule has 2 bridgehead atoms. The molecule has 20 heavy (non-hydrogen) atoms. The van der Waals surface area contributed by atoms with Gasteiger partial charge in [0.2, 0.25) is 5.91 Å². The van der Waals surface area contributed by atoms with E-state index in [0.717, 1.165) is 6.42 Å². The van der Waals surface area contributed by atoms with Crippen LogP contribution in [0.1, 0.15) is 26.7 Å². The number of ether oxygens (including phenoxy) is 1. The maximum Gasteiger partial charge on any atom is 0.310 e. The molecule has 1 amide bonds. The largest absolute Gasteiger partial charge is 0.469 e. The van der Waals surface area contributed by atoms with Crippen LogP contribution in [0.3, 0.4) is 0 Å². The van der Waals surface area contributed by atoms with Gasteiger partial charge in [-0.15, -0.1) is 0 Å². The molecule has 5 nitrogen and oxygen atoms in total. The summed E-state index contributed by atoms with van der Waals surface area (Å²) in [4.78, 5) is 26.5. The van der Waals surface area contributed by atoms with Gasteiger partial charge < -0.3 is 14.7 Å². The van der Waals surface area contributed by atoms with Crippen LogP contribution in [0.15, 0.2) is 12.2 Å². The van der Waals surface area contributed by atoms with E-state index in [2.05, 4.69) is 0 Å². The molecular weight excluding hydrogens is 258 g/mol. The number of allylic oxidation sites excluding steroid dienone is 1. The number of carbonyl (C=O) groups excluding carboxylic acids is 2. The maximum atomic E-state index is 12.7. The Morgan fingerprint density at radius 3 is 2.50 bits per heavy atom. The van der Waals surface area contributed by atoms with E-state index in [-0.39, 0.29) is 11.8 Å². The van der Waals surface area contributed by atoms with Crippen molar-refractivity contribution in [2.24, 2.45) is 17.8 Å². The van der Waals surface area contributed by atoms with Gasteiger partial charge in [0.1, 0.15) is 0 Å². The summed E-state index contributed by atoms with van der Waals surface area (Å²) in [6.07, 6.45) is 4.80. The molecule has 3 aliphatic rings. The molecule has 0 saturated heterocycles. The number of carbonyl (C=O) groups is 2. The molecule has 1 saturated carbocycles. The molecule has 0 aromatic rings. The van der Waals surface area contributed by atoms with Crippen molar-refractivity contribution in [3.8, 4) is 0 Å². The van der Waals surface area contributed by atoms with Gasteiger partial charge >= 0.3 is 5.97 Å². The fraction of sp³-hybridized carbons (Fsp3) is 0.733. The third-order valence-corrected chi connectivity index (χ3v) is 4.68. The summed E-state index contributed by atoms with van der Waals surface area (Å²) in [5, 5.41) is 10.8. The van der Waals surface area contributed by atoms with E-state index in [4.69, 9.17) is 4.74 Å². The lowest BCUT2D eigenvalue weighted by molar-refractivity contribution is -0.170. The van der Waals surface area contributed by atoms with Crippen LogP contribution in [0, 0.1) is 17.8 Å². The van der Waals surface area contributed by atoms with Crippen molar-refractivity contribution in [2.75, 3.05) is 20.2 Å². The standard InChI is InChI=1S/C15H23NO4/c1-4-16(5-2)13(17)12-11(14(18)20-3)10-6-8-15(12,19)9-7-10/h6,8,10-12,19H,4-5,7,9H2,1-3H3/t10-,11-,12-,15-/m1/s1. The minimum Gasteiger partial charge on any atom is -0.469 e. The van der Waals surface area contributed by atoms with Crippen molar-refractivity contribution >= 4 is 11.9 Å². The first-order valence-corrected chi connectivity index (χ1v) is 7.26. The van der Waals surface area contributed by atoms with E-state index in [1.807, 2.05) is 19.9 Å². The minimum absolute atomic E-state index is 0.0130. The Balaban J connectivity index is 2.38. The summed E-state index contributed by atoms with van der Waals surface area (Å²) in [6, 6.07) is 0. The van der Waals surface area contributed by atoms with Crippen molar-refractivity contribution in [1.29, 1.82) is 0 Å². The predicted octanol–water partition coefficient (Wildman–Crippen LogP) is 0.971. The Morgan fingerprint density at radius 1 is 1.40 bits per heavy atom. The van der Waals surface area contributed by atoms with Crippen LogP contribution in [0.5, 0.6) is 0 Å². The quantitative estimate of drug-likeness (QED) is 0.616. The molecule has 3 aliphatic carbocycles. The van der Waals surface area contributed by atoms with Crippen molar-refractivity contribution < 1.29 is 19.4 Å². The molecular formula is C15H23NO4. The second kappa shape index (κ2) is 5.56. The molecule has 0 radical (unpaired) electrons. The van der Waals surface area contributed by atoms with Crippen LogP contribution in [-0.2, 0) is 14.3 Å². The summed E-state index contributed by atoms with van der Waals surface area (Å²) in [7, 11) is 1.33. The predicted molar refractivity (Wildman–Crippen MR) is 73.7 cm³/mol. The van der Waals surface area contributed by atoms with E-state index >= 15 is 0 Å². The van der Waals surface area contributed by atoms with Gasteiger partial charge in [-0.1, -0.05) is 12.2 Å². The van der Waals surface area contributed by atoms with Crippen LogP contribution < -0.4 is 0 Å². The number of rotatable bonds is 4. The zero-order valence-electron chi connectivity index (χ0n) is 12.3. The number of aliphatic hydroxyl groups is 1.